The number of carbonyl (C=O) groups is 4. The lowest BCUT2D eigenvalue weighted by Crippen LogP contribution is -2.22. The molecule has 3 fully saturated rings. The minimum atomic E-state index is -1.69. The standard InChI is InChI=1S/C16H20FNO4.C16H22FNO2.C9H7F2NO4.C7H3F2NO4.C6H13N/c1-2-22-16(19)13-10-15(18(20)21)12(9-14(13)17)8-11-6-4-3-5-7-11;1-2-20-16(19)13-10-15(18)12(9-14(13)17)8-11-6-4-3-5-7-11;1-2-16-9(13)5-3-8(12(14)15)7(11)4-6(5)10;8-4-2-5(9)6(10(13)14)1-3(4)7(11)12;7-6-4-2-1-3-5-6/h9-11H,2-8H2,1H3;9-11H,2-8,18H2,1H3;3-4H,2H2,1H3;1-2H,(H,11,12);6H,1-5,7H2. The Bertz CT molecular complexity index is 2730. The summed E-state index contributed by atoms with van der Waals surface area (Å²) in [5, 5.41) is 40.1. The van der Waals surface area contributed by atoms with Gasteiger partial charge in [-0.2, -0.15) is 8.78 Å². The Balaban J connectivity index is 0.000000269. The minimum Gasteiger partial charge on any atom is -0.478 e. The molecule has 0 atom stereocenters. The van der Waals surface area contributed by atoms with Crippen LogP contribution in [0.5, 0.6) is 0 Å². The molecule has 3 aliphatic rings. The number of nitro groups is 3. The second kappa shape index (κ2) is 32.9. The zero-order chi connectivity index (χ0) is 58.9. The Labute approximate surface area is 451 Å². The average Bonchev–Trinajstić information content (AvgIpc) is 3.40. The molecule has 4 aromatic rings. The molecule has 19 nitrogen and oxygen atoms in total. The van der Waals surface area contributed by atoms with Gasteiger partial charge >= 0.3 is 35.3 Å². The van der Waals surface area contributed by atoms with Crippen molar-refractivity contribution in [3.8, 4) is 0 Å². The van der Waals surface area contributed by atoms with E-state index < -0.39 is 96.1 Å². The van der Waals surface area contributed by atoms with Gasteiger partial charge in [0.25, 0.3) is 5.69 Å². The molecule has 432 valence electrons. The molecule has 5 N–H and O–H groups in total. The summed E-state index contributed by atoms with van der Waals surface area (Å²) in [5.74, 6) is -9.92. The number of carboxylic acid groups (broad SMARTS) is 1. The van der Waals surface area contributed by atoms with Crippen LogP contribution in [0.2, 0.25) is 0 Å². The number of anilines is 1. The number of halogens is 6. The third-order valence-corrected chi connectivity index (χ3v) is 12.9. The number of nitro benzene ring substituents is 3. The van der Waals surface area contributed by atoms with Crippen molar-refractivity contribution in [3.05, 3.63) is 147 Å². The van der Waals surface area contributed by atoms with Crippen LogP contribution in [-0.4, -0.2) is 69.6 Å². The van der Waals surface area contributed by atoms with Crippen LogP contribution in [0.4, 0.5) is 49.1 Å². The van der Waals surface area contributed by atoms with Crippen LogP contribution in [0.25, 0.3) is 0 Å². The lowest BCUT2D eigenvalue weighted by Gasteiger charge is -2.22. The second-order valence-corrected chi connectivity index (χ2v) is 18.6. The number of esters is 3. The first-order valence-corrected chi connectivity index (χ1v) is 25.8. The van der Waals surface area contributed by atoms with Gasteiger partial charge in [0.1, 0.15) is 40.0 Å². The Morgan fingerprint density at radius 3 is 1.15 bits per heavy atom. The van der Waals surface area contributed by atoms with E-state index in [1.54, 1.807) is 13.8 Å². The van der Waals surface area contributed by atoms with E-state index in [0.29, 0.717) is 47.7 Å². The molecular weight excluding hydrogens is 1060 g/mol. The molecular formula is C54H65F6N5O14. The molecule has 0 radical (unpaired) electrons. The van der Waals surface area contributed by atoms with Gasteiger partial charge in [0.05, 0.1) is 40.2 Å². The van der Waals surface area contributed by atoms with Crippen molar-refractivity contribution >= 4 is 46.6 Å². The summed E-state index contributed by atoms with van der Waals surface area (Å²) in [6.07, 6.45) is 19.5. The Kier molecular flexibility index (Phi) is 27.3. The number of nitrogens with zero attached hydrogens (tertiary/aromatic N) is 3. The summed E-state index contributed by atoms with van der Waals surface area (Å²) in [6.45, 7) is 5.09. The van der Waals surface area contributed by atoms with Gasteiger partial charge in [-0.05, 0) is 82.1 Å². The molecule has 0 heterocycles. The van der Waals surface area contributed by atoms with Crippen LogP contribution in [0, 0.1) is 77.1 Å². The lowest BCUT2D eigenvalue weighted by atomic mass is 9.84. The van der Waals surface area contributed by atoms with Gasteiger partial charge in [-0.25, -0.2) is 36.7 Å². The number of nitrogens with two attached hydrogens (primary N) is 2. The van der Waals surface area contributed by atoms with E-state index in [1.807, 2.05) is 0 Å². The van der Waals surface area contributed by atoms with Gasteiger partial charge in [0.15, 0.2) is 0 Å². The maximum absolute atomic E-state index is 14.1. The number of hydrogen-bond donors (Lipinski definition) is 3. The fraction of sp³-hybridized carbons (Fsp3) is 0.481. The number of ether oxygens (including phenoxy) is 3. The van der Waals surface area contributed by atoms with Crippen molar-refractivity contribution in [2.45, 2.75) is 136 Å². The monoisotopic (exact) mass is 1120 g/mol. The van der Waals surface area contributed by atoms with E-state index in [2.05, 4.69) is 4.74 Å². The maximum atomic E-state index is 14.1. The summed E-state index contributed by atoms with van der Waals surface area (Å²) >= 11 is 0. The van der Waals surface area contributed by atoms with Gasteiger partial charge in [-0.15, -0.1) is 0 Å². The zero-order valence-corrected chi connectivity index (χ0v) is 44.0. The Morgan fingerprint density at radius 1 is 0.481 bits per heavy atom. The molecule has 4 aromatic carbocycles. The van der Waals surface area contributed by atoms with Crippen molar-refractivity contribution in [3.63, 3.8) is 0 Å². The summed E-state index contributed by atoms with van der Waals surface area (Å²) in [5.41, 5.74) is 8.99. The summed E-state index contributed by atoms with van der Waals surface area (Å²) in [6, 6.07) is 6.78. The fourth-order valence-electron chi connectivity index (χ4n) is 8.90. The predicted molar refractivity (Wildman–Crippen MR) is 276 cm³/mol. The number of nitrogen functional groups attached to an aromatic ring is 1. The maximum Gasteiger partial charge on any atom is 0.341 e. The zero-order valence-electron chi connectivity index (χ0n) is 44.0. The second-order valence-electron chi connectivity index (χ2n) is 18.6. The first-order chi connectivity index (χ1) is 37.4. The molecule has 0 bridgehead atoms. The molecule has 0 aliphatic heterocycles. The van der Waals surface area contributed by atoms with Crippen molar-refractivity contribution in [2.75, 3.05) is 25.6 Å². The van der Waals surface area contributed by atoms with Crippen LogP contribution in [0.15, 0.2) is 48.5 Å². The Morgan fingerprint density at radius 2 is 0.797 bits per heavy atom. The highest BCUT2D eigenvalue weighted by Crippen LogP contribution is 2.33. The fourth-order valence-corrected chi connectivity index (χ4v) is 8.90. The molecule has 3 aliphatic carbocycles. The van der Waals surface area contributed by atoms with E-state index in [1.165, 1.54) is 89.7 Å². The van der Waals surface area contributed by atoms with E-state index in [4.69, 9.17) is 26.0 Å². The third-order valence-electron chi connectivity index (χ3n) is 12.9. The van der Waals surface area contributed by atoms with Crippen LogP contribution in [0.1, 0.15) is 170 Å². The SMILES string of the molecule is CCOC(=O)c1cc(N)c(CC2CCCCC2)cc1F.CCOC(=O)c1cc([N+](=O)[O-])c(CC2CCCCC2)cc1F.CCOC(=O)c1cc([N+](=O)[O-])c(F)cc1F.NC1CCCCC1.O=C(O)c1cc([N+](=O)[O-])c(F)cc1F. The minimum absolute atomic E-state index is 0.0105. The number of carboxylic acids is 1. The van der Waals surface area contributed by atoms with Crippen LogP contribution >= 0.6 is 0 Å². The summed E-state index contributed by atoms with van der Waals surface area (Å²) in [7, 11) is 0. The smallest absolute Gasteiger partial charge is 0.341 e. The number of carbonyl (C=O) groups excluding carboxylic acids is 3. The first-order valence-electron chi connectivity index (χ1n) is 25.8. The molecule has 0 saturated heterocycles. The highest BCUT2D eigenvalue weighted by molar-refractivity contribution is 5.92. The number of benzene rings is 4. The molecule has 3 saturated carbocycles. The van der Waals surface area contributed by atoms with Gasteiger partial charge in [-0.1, -0.05) is 83.5 Å². The van der Waals surface area contributed by atoms with Gasteiger partial charge in [-0.3, -0.25) is 30.3 Å². The van der Waals surface area contributed by atoms with Gasteiger partial charge in [0.2, 0.25) is 11.6 Å². The number of aromatic carboxylic acids is 1. The van der Waals surface area contributed by atoms with Crippen LogP contribution in [0.3, 0.4) is 0 Å². The van der Waals surface area contributed by atoms with Crippen molar-refractivity contribution in [1.29, 1.82) is 0 Å². The third kappa shape index (κ3) is 20.9. The van der Waals surface area contributed by atoms with Crippen molar-refractivity contribution in [2.24, 2.45) is 17.6 Å². The normalized spacial score (nSPS) is 14.4. The highest BCUT2D eigenvalue weighted by Gasteiger charge is 2.27. The molecule has 25 heteroatoms. The van der Waals surface area contributed by atoms with E-state index >= 15 is 0 Å². The largest absolute Gasteiger partial charge is 0.478 e. The molecule has 0 amide bonds. The topological polar surface area (TPSA) is 298 Å². The Hall–Kier alpha value is -7.70. The van der Waals surface area contributed by atoms with Crippen LogP contribution < -0.4 is 11.5 Å². The van der Waals surface area contributed by atoms with Crippen molar-refractivity contribution < 1.29 is 79.6 Å². The molecule has 0 aromatic heterocycles. The number of rotatable bonds is 14. The van der Waals surface area contributed by atoms with E-state index in [0.717, 1.165) is 49.8 Å². The van der Waals surface area contributed by atoms with E-state index in [9.17, 15) is 75.9 Å². The highest BCUT2D eigenvalue weighted by atomic mass is 19.2. The summed E-state index contributed by atoms with van der Waals surface area (Å²) < 4.78 is 93.5. The molecule has 0 unspecified atom stereocenters. The van der Waals surface area contributed by atoms with Gasteiger partial charge in [0, 0.05) is 47.6 Å². The van der Waals surface area contributed by atoms with E-state index in [-0.39, 0.29) is 48.8 Å². The molecule has 79 heavy (non-hydrogen) atoms. The molecule has 7 rings (SSSR count). The molecule has 0 spiro atoms. The van der Waals surface area contributed by atoms with Gasteiger partial charge < -0.3 is 30.8 Å². The average molecular weight is 1120 g/mol. The summed E-state index contributed by atoms with van der Waals surface area (Å²) in [4.78, 5) is 73.8. The quantitative estimate of drug-likeness (QED) is 0.0264. The predicted octanol–water partition coefficient (Wildman–Crippen LogP) is 12.6. The lowest BCUT2D eigenvalue weighted by molar-refractivity contribution is -0.387. The van der Waals surface area contributed by atoms with Crippen LogP contribution in [-0.2, 0) is 27.1 Å². The first kappa shape index (κ1) is 65.6. The number of hydrogen-bond acceptors (Lipinski definition) is 15. The van der Waals surface area contributed by atoms with Crippen molar-refractivity contribution in [1.82, 2.24) is 0 Å².